The van der Waals surface area contributed by atoms with Crippen molar-refractivity contribution < 1.29 is 13.6 Å². The number of hydrogen-bond donors (Lipinski definition) is 0. The fraction of sp³-hybridized carbons (Fsp3) is 0.389. The molecule has 1 amide bonds. The van der Waals surface area contributed by atoms with E-state index in [1.165, 1.54) is 22.5 Å². The molecule has 10 heteroatoms. The van der Waals surface area contributed by atoms with Crippen molar-refractivity contribution in [1.29, 1.82) is 0 Å². The number of halogens is 2. The van der Waals surface area contributed by atoms with Crippen molar-refractivity contribution in [2.75, 3.05) is 6.54 Å². The van der Waals surface area contributed by atoms with Crippen molar-refractivity contribution in [1.82, 2.24) is 29.0 Å². The van der Waals surface area contributed by atoms with Gasteiger partial charge in [0.15, 0.2) is 16.7 Å². The maximum Gasteiger partial charge on any atom is 0.257 e. The molecule has 0 N–H and O–H groups in total. The van der Waals surface area contributed by atoms with E-state index in [9.17, 15) is 13.6 Å². The van der Waals surface area contributed by atoms with Crippen LogP contribution < -0.4 is 0 Å². The van der Waals surface area contributed by atoms with E-state index in [-0.39, 0.29) is 5.56 Å². The molecule has 7 nitrogen and oxygen atoms in total. The van der Waals surface area contributed by atoms with Crippen LogP contribution in [0.4, 0.5) is 8.78 Å². The Kier molecular flexibility index (Phi) is 3.97. The van der Waals surface area contributed by atoms with Gasteiger partial charge in [-0.25, -0.2) is 13.8 Å². The molecule has 5 rings (SSSR count). The Morgan fingerprint density at radius 1 is 1.21 bits per heavy atom. The minimum absolute atomic E-state index is 0.153. The number of carbonyl (C=O) groups is 1. The number of hydrogen-bond acceptors (Lipinski definition) is 6. The zero-order chi connectivity index (χ0) is 19.4. The van der Waals surface area contributed by atoms with Gasteiger partial charge in [0.25, 0.3) is 5.91 Å². The Morgan fingerprint density at radius 2 is 2.04 bits per heavy atom. The van der Waals surface area contributed by atoms with Gasteiger partial charge in [-0.05, 0) is 43.4 Å². The summed E-state index contributed by atoms with van der Waals surface area (Å²) in [4.78, 5) is 18.9. The summed E-state index contributed by atoms with van der Waals surface area (Å²) >= 11 is 1.31. The molecule has 0 saturated heterocycles. The molecule has 0 spiro atoms. The van der Waals surface area contributed by atoms with E-state index in [0.717, 1.165) is 35.8 Å². The number of benzene rings is 1. The van der Waals surface area contributed by atoms with Crippen molar-refractivity contribution >= 4 is 17.4 Å². The van der Waals surface area contributed by atoms with Crippen molar-refractivity contribution in [3.05, 3.63) is 47.0 Å². The summed E-state index contributed by atoms with van der Waals surface area (Å²) in [5, 5.41) is 9.24. The highest BCUT2D eigenvalue weighted by molar-refractivity contribution is 7.09. The molecule has 0 bridgehead atoms. The predicted molar refractivity (Wildman–Crippen MR) is 96.7 cm³/mol. The Labute approximate surface area is 163 Å². The van der Waals surface area contributed by atoms with E-state index in [1.54, 1.807) is 0 Å². The topological polar surface area (TPSA) is 76.8 Å². The Balaban J connectivity index is 1.43. The molecule has 0 unspecified atom stereocenters. The summed E-state index contributed by atoms with van der Waals surface area (Å²) in [5.41, 5.74) is -0.153. The standard InChI is InChI=1S/C18H16F2N6OS/c1-9-15-22-23-16(17-21-14(24-28-17)10-2-3-10)26(15)7-6-25(9)18(27)12-5-4-11(19)8-13(12)20/h4-5,8-10H,2-3,6-7H2,1H3/t9-/m1/s1. The average Bonchev–Trinajstić information content (AvgIpc) is 3.24. The van der Waals surface area contributed by atoms with E-state index in [4.69, 9.17) is 0 Å². The van der Waals surface area contributed by atoms with Gasteiger partial charge in [0.2, 0.25) is 0 Å². The predicted octanol–water partition coefficient (Wildman–Crippen LogP) is 3.17. The zero-order valence-electron chi connectivity index (χ0n) is 15.0. The van der Waals surface area contributed by atoms with E-state index < -0.39 is 23.6 Å². The first-order valence-corrected chi connectivity index (χ1v) is 9.83. The summed E-state index contributed by atoms with van der Waals surface area (Å²) in [7, 11) is 0. The lowest BCUT2D eigenvalue weighted by Gasteiger charge is -2.33. The first-order valence-electron chi connectivity index (χ1n) is 9.06. The third-order valence-corrected chi connectivity index (χ3v) is 5.91. The van der Waals surface area contributed by atoms with Crippen LogP contribution in [0.15, 0.2) is 18.2 Å². The number of amides is 1. The molecule has 3 heterocycles. The monoisotopic (exact) mass is 402 g/mol. The normalized spacial score (nSPS) is 19.0. The van der Waals surface area contributed by atoms with Gasteiger partial charge < -0.3 is 9.47 Å². The Hall–Kier alpha value is -2.75. The molecule has 1 fully saturated rings. The highest BCUT2D eigenvalue weighted by Gasteiger charge is 2.34. The number of rotatable bonds is 3. The van der Waals surface area contributed by atoms with Crippen LogP contribution in [-0.4, -0.2) is 41.5 Å². The van der Waals surface area contributed by atoms with Gasteiger partial charge in [-0.2, -0.15) is 4.37 Å². The SMILES string of the molecule is C[C@@H]1c2nnc(-c3nc(C4CC4)ns3)n2CCN1C(=O)c1ccc(F)cc1F. The van der Waals surface area contributed by atoms with Gasteiger partial charge in [-0.1, -0.05) is 0 Å². The summed E-state index contributed by atoms with van der Waals surface area (Å²) in [6.07, 6.45) is 2.25. The number of fused-ring (bicyclic) bond motifs is 1. The molecule has 1 atom stereocenters. The van der Waals surface area contributed by atoms with Crippen LogP contribution in [0, 0.1) is 11.6 Å². The second-order valence-corrected chi connectivity index (χ2v) is 7.82. The van der Waals surface area contributed by atoms with Crippen molar-refractivity contribution in [2.45, 2.75) is 38.3 Å². The highest BCUT2D eigenvalue weighted by Crippen LogP contribution is 2.40. The molecule has 1 saturated carbocycles. The van der Waals surface area contributed by atoms with E-state index >= 15 is 0 Å². The Bertz CT molecular complexity index is 1080. The van der Waals surface area contributed by atoms with Crippen LogP contribution in [0.2, 0.25) is 0 Å². The van der Waals surface area contributed by atoms with Crippen LogP contribution in [0.1, 0.15) is 53.7 Å². The lowest BCUT2D eigenvalue weighted by Crippen LogP contribution is -2.41. The van der Waals surface area contributed by atoms with Crippen molar-refractivity contribution in [2.24, 2.45) is 0 Å². The van der Waals surface area contributed by atoms with E-state index in [1.807, 2.05) is 11.5 Å². The fourth-order valence-corrected chi connectivity index (χ4v) is 4.21. The Morgan fingerprint density at radius 3 is 2.79 bits per heavy atom. The summed E-state index contributed by atoms with van der Waals surface area (Å²) in [6, 6.07) is 2.57. The summed E-state index contributed by atoms with van der Waals surface area (Å²) in [6.45, 7) is 2.65. The molecular weight excluding hydrogens is 386 g/mol. The maximum absolute atomic E-state index is 14.0. The molecule has 1 aliphatic heterocycles. The second-order valence-electron chi connectivity index (χ2n) is 7.06. The average molecular weight is 402 g/mol. The van der Waals surface area contributed by atoms with Crippen LogP contribution >= 0.6 is 11.5 Å². The molecule has 1 aromatic carbocycles. The molecule has 144 valence electrons. The van der Waals surface area contributed by atoms with Crippen molar-refractivity contribution in [3.8, 4) is 10.8 Å². The quantitative estimate of drug-likeness (QED) is 0.673. The molecular formula is C18H16F2N6OS. The molecule has 2 aromatic heterocycles. The molecule has 3 aromatic rings. The maximum atomic E-state index is 14.0. The smallest absolute Gasteiger partial charge is 0.257 e. The molecule has 1 aliphatic carbocycles. The third-order valence-electron chi connectivity index (χ3n) is 5.18. The van der Waals surface area contributed by atoms with Gasteiger partial charge in [-0.3, -0.25) is 4.79 Å². The van der Waals surface area contributed by atoms with Gasteiger partial charge in [0.05, 0.1) is 11.6 Å². The minimum Gasteiger partial charge on any atom is -0.327 e. The second kappa shape index (κ2) is 6.40. The van der Waals surface area contributed by atoms with Crippen LogP contribution in [0.5, 0.6) is 0 Å². The van der Waals surface area contributed by atoms with E-state index in [0.29, 0.717) is 30.7 Å². The largest absolute Gasteiger partial charge is 0.327 e. The first kappa shape index (κ1) is 17.4. The lowest BCUT2D eigenvalue weighted by molar-refractivity contribution is 0.0633. The molecule has 2 aliphatic rings. The number of nitrogens with zero attached hydrogens (tertiary/aromatic N) is 6. The summed E-state index contributed by atoms with van der Waals surface area (Å²) < 4.78 is 33.5. The minimum atomic E-state index is -0.869. The first-order chi connectivity index (χ1) is 13.5. The van der Waals surface area contributed by atoms with E-state index in [2.05, 4.69) is 19.6 Å². The van der Waals surface area contributed by atoms with Crippen LogP contribution in [0.3, 0.4) is 0 Å². The van der Waals surface area contributed by atoms with Gasteiger partial charge in [0, 0.05) is 25.1 Å². The number of aromatic nitrogens is 5. The number of carbonyl (C=O) groups excluding carboxylic acids is 1. The van der Waals surface area contributed by atoms with Crippen LogP contribution in [0.25, 0.3) is 10.8 Å². The van der Waals surface area contributed by atoms with Gasteiger partial charge in [-0.15, -0.1) is 10.2 Å². The lowest BCUT2D eigenvalue weighted by atomic mass is 10.1. The molecule has 0 radical (unpaired) electrons. The van der Waals surface area contributed by atoms with Gasteiger partial charge >= 0.3 is 0 Å². The summed E-state index contributed by atoms with van der Waals surface area (Å²) in [5.74, 6) is 0.509. The van der Waals surface area contributed by atoms with Crippen LogP contribution in [-0.2, 0) is 6.54 Å². The van der Waals surface area contributed by atoms with Crippen molar-refractivity contribution in [3.63, 3.8) is 0 Å². The van der Waals surface area contributed by atoms with Gasteiger partial charge in [0.1, 0.15) is 17.5 Å². The third kappa shape index (κ3) is 2.79. The zero-order valence-corrected chi connectivity index (χ0v) is 15.8. The highest BCUT2D eigenvalue weighted by atomic mass is 32.1. The fourth-order valence-electron chi connectivity index (χ4n) is 3.47. The molecule has 28 heavy (non-hydrogen) atoms.